The maximum atomic E-state index is 12.8. The van der Waals surface area contributed by atoms with Crippen molar-refractivity contribution in [3.05, 3.63) is 88.1 Å². The summed E-state index contributed by atoms with van der Waals surface area (Å²) in [5.41, 5.74) is 4.34. The lowest BCUT2D eigenvalue weighted by Gasteiger charge is -2.36. The van der Waals surface area contributed by atoms with Crippen LogP contribution in [-0.4, -0.2) is 63.9 Å². The van der Waals surface area contributed by atoms with Crippen LogP contribution in [0.5, 0.6) is 0 Å². The predicted octanol–water partition coefficient (Wildman–Crippen LogP) is 4.41. The average molecular weight is 519 g/mol. The van der Waals surface area contributed by atoms with Gasteiger partial charge in [-0.2, -0.15) is 0 Å². The van der Waals surface area contributed by atoms with Gasteiger partial charge in [-0.3, -0.25) is 19.1 Å². The standard InChI is InChI=1S/C30H36N6O2/c1-20(35-15-11-22(12-16-35)21-6-8-23(9-7-21)30(38)33(3)4)27-19-25-26(10-14-32-29(25)34(27)5)36-17-13-24(31-2)18-28(36)37/h6-10,13-14,17-20,22,31H,11-12,15-16H2,1-5H3/t20-/m0/s1/i3D3,4D3. The fourth-order valence-electron chi connectivity index (χ4n) is 5.50. The minimum atomic E-state index is -3.08. The molecule has 0 aliphatic carbocycles. The van der Waals surface area contributed by atoms with E-state index < -0.39 is 19.9 Å². The van der Waals surface area contributed by atoms with Crippen LogP contribution in [0.4, 0.5) is 5.69 Å². The number of aryl methyl sites for hydroxylation is 1. The van der Waals surface area contributed by atoms with Gasteiger partial charge in [-0.15, -0.1) is 0 Å². The topological polar surface area (TPSA) is 75.4 Å². The predicted molar refractivity (Wildman–Crippen MR) is 152 cm³/mol. The molecule has 1 amide bonds. The zero-order valence-electron chi connectivity index (χ0n) is 27.8. The van der Waals surface area contributed by atoms with Crippen molar-refractivity contribution in [3.8, 4) is 5.69 Å². The molecule has 1 aromatic carbocycles. The first-order valence-corrected chi connectivity index (χ1v) is 12.7. The molecule has 0 unspecified atom stereocenters. The lowest BCUT2D eigenvalue weighted by Crippen LogP contribution is -2.35. The van der Waals surface area contributed by atoms with Crippen LogP contribution in [0.1, 0.15) is 61.6 Å². The third-order valence-corrected chi connectivity index (χ3v) is 7.75. The molecule has 38 heavy (non-hydrogen) atoms. The van der Waals surface area contributed by atoms with Crippen molar-refractivity contribution < 1.29 is 13.0 Å². The summed E-state index contributed by atoms with van der Waals surface area (Å²) in [7, 11) is 3.77. The largest absolute Gasteiger partial charge is 0.388 e. The molecule has 0 radical (unpaired) electrons. The number of anilines is 1. The van der Waals surface area contributed by atoms with Crippen LogP contribution in [0.2, 0.25) is 0 Å². The molecule has 0 saturated carbocycles. The van der Waals surface area contributed by atoms with Crippen molar-refractivity contribution in [2.24, 2.45) is 7.05 Å². The van der Waals surface area contributed by atoms with Crippen LogP contribution in [0.15, 0.2) is 65.7 Å². The number of nitrogens with one attached hydrogen (secondary N) is 1. The minimum Gasteiger partial charge on any atom is -0.388 e. The fraction of sp³-hybridized carbons (Fsp3) is 0.367. The molecule has 1 saturated heterocycles. The van der Waals surface area contributed by atoms with E-state index in [0.29, 0.717) is 0 Å². The SMILES string of the molecule is [2H]C([2H])([2H])N(C(=O)c1ccc(C2CCN([C@@H](C)c3cc4c(-n5ccc(NC)cc5=O)ccnc4n3C)CC2)cc1)C([2H])([2H])[2H]. The van der Waals surface area contributed by atoms with Gasteiger partial charge in [-0.25, -0.2) is 4.98 Å². The number of pyridine rings is 2. The molecule has 1 atom stereocenters. The van der Waals surface area contributed by atoms with Crippen molar-refractivity contribution >= 4 is 22.6 Å². The van der Waals surface area contributed by atoms with Gasteiger partial charge in [-0.05, 0) is 74.7 Å². The molecule has 1 aliphatic rings. The number of likely N-dealkylation sites (tertiary alicyclic amines) is 1. The lowest BCUT2D eigenvalue weighted by molar-refractivity contribution is 0.0827. The zero-order valence-corrected chi connectivity index (χ0v) is 21.8. The van der Waals surface area contributed by atoms with E-state index >= 15 is 0 Å². The first-order chi connectivity index (χ1) is 20.7. The normalized spacial score (nSPS) is 18.5. The molecule has 1 fully saturated rings. The second-order valence-electron chi connectivity index (χ2n) is 9.82. The quantitative estimate of drug-likeness (QED) is 0.409. The summed E-state index contributed by atoms with van der Waals surface area (Å²) in [6.45, 7) is -2.31. The van der Waals surface area contributed by atoms with Crippen LogP contribution >= 0.6 is 0 Å². The molecular weight excluding hydrogens is 476 g/mol. The molecule has 1 aliphatic heterocycles. The van der Waals surface area contributed by atoms with Gasteiger partial charge in [0.05, 0.1) is 5.69 Å². The smallest absolute Gasteiger partial charge is 0.257 e. The van der Waals surface area contributed by atoms with Crippen molar-refractivity contribution in [2.75, 3.05) is 39.4 Å². The van der Waals surface area contributed by atoms with Crippen LogP contribution in [-0.2, 0) is 7.05 Å². The zero-order chi connectivity index (χ0) is 32.0. The van der Waals surface area contributed by atoms with Gasteiger partial charge >= 0.3 is 0 Å². The van der Waals surface area contributed by atoms with Crippen molar-refractivity contribution in [1.29, 1.82) is 0 Å². The molecular formula is C30H36N6O2. The second-order valence-corrected chi connectivity index (χ2v) is 9.82. The van der Waals surface area contributed by atoms with E-state index in [9.17, 15) is 9.59 Å². The molecule has 0 bridgehead atoms. The maximum Gasteiger partial charge on any atom is 0.257 e. The third kappa shape index (κ3) is 4.72. The van der Waals surface area contributed by atoms with Crippen LogP contribution in [0.25, 0.3) is 16.7 Å². The van der Waals surface area contributed by atoms with Gasteiger partial charge in [0.1, 0.15) is 5.65 Å². The number of nitrogens with zero attached hydrogens (tertiary/aromatic N) is 5. The Labute approximate surface area is 231 Å². The van der Waals surface area contributed by atoms with Gasteiger partial charge in [-0.1, -0.05) is 12.1 Å². The number of hydrogen-bond acceptors (Lipinski definition) is 5. The highest BCUT2D eigenvalue weighted by atomic mass is 16.2. The monoisotopic (exact) mass is 518 g/mol. The molecule has 4 heterocycles. The maximum absolute atomic E-state index is 12.8. The summed E-state index contributed by atoms with van der Waals surface area (Å²) in [5, 5.41) is 3.89. The van der Waals surface area contributed by atoms with Crippen LogP contribution in [0, 0.1) is 0 Å². The number of aromatic nitrogens is 3. The first kappa shape index (κ1) is 19.2. The molecule has 8 heteroatoms. The molecule has 198 valence electrons. The van der Waals surface area contributed by atoms with Gasteiger partial charge < -0.3 is 14.8 Å². The highest BCUT2D eigenvalue weighted by Crippen LogP contribution is 2.34. The van der Waals surface area contributed by atoms with E-state index in [1.165, 1.54) is 12.1 Å². The Balaban J connectivity index is 1.30. The number of fused-ring (bicyclic) bond motifs is 1. The second kappa shape index (κ2) is 10.5. The summed E-state index contributed by atoms with van der Waals surface area (Å²) in [5.74, 6) is -0.801. The number of carbonyl (C=O) groups is 1. The van der Waals surface area contributed by atoms with Crippen molar-refractivity contribution in [1.82, 2.24) is 23.9 Å². The molecule has 1 N–H and O–H groups in total. The summed E-state index contributed by atoms with van der Waals surface area (Å²) < 4.78 is 48.8. The summed E-state index contributed by atoms with van der Waals surface area (Å²) in [4.78, 5) is 32.7. The molecule has 3 aromatic heterocycles. The van der Waals surface area contributed by atoms with Crippen molar-refractivity contribution in [3.63, 3.8) is 0 Å². The third-order valence-electron chi connectivity index (χ3n) is 7.75. The highest BCUT2D eigenvalue weighted by molar-refractivity contribution is 5.93. The number of piperidine rings is 1. The Hall–Kier alpha value is -3.91. The number of carbonyl (C=O) groups excluding carboxylic acids is 1. The lowest BCUT2D eigenvalue weighted by atomic mass is 9.88. The van der Waals surface area contributed by atoms with Gasteiger partial charge in [0.25, 0.3) is 11.5 Å². The van der Waals surface area contributed by atoms with E-state index in [1.807, 2.05) is 19.2 Å². The van der Waals surface area contributed by atoms with E-state index in [4.69, 9.17) is 8.22 Å². The van der Waals surface area contributed by atoms with Crippen LogP contribution in [0.3, 0.4) is 0 Å². The molecule has 4 aromatic rings. The Kier molecular flexibility index (Phi) is 5.28. The number of benzene rings is 1. The van der Waals surface area contributed by atoms with E-state index in [2.05, 4.69) is 32.8 Å². The van der Waals surface area contributed by atoms with E-state index in [0.717, 1.165) is 59.6 Å². The van der Waals surface area contributed by atoms with Gasteiger partial charge in [0, 0.05) is 83.1 Å². The minimum absolute atomic E-state index is 0.0157. The molecule has 5 rings (SSSR count). The van der Waals surface area contributed by atoms with E-state index in [1.54, 1.807) is 42.2 Å². The average Bonchev–Trinajstić information content (AvgIpc) is 3.32. The Morgan fingerprint density at radius 3 is 2.53 bits per heavy atom. The Bertz CT molecular complexity index is 1710. The Morgan fingerprint density at radius 2 is 1.87 bits per heavy atom. The number of hydrogen-bond donors (Lipinski definition) is 1. The summed E-state index contributed by atoms with van der Waals surface area (Å²) in [6, 6.07) is 14.1. The summed E-state index contributed by atoms with van der Waals surface area (Å²) >= 11 is 0. The molecule has 0 spiro atoms. The van der Waals surface area contributed by atoms with Crippen LogP contribution < -0.4 is 10.9 Å². The van der Waals surface area contributed by atoms with Gasteiger partial charge in [0.2, 0.25) is 0 Å². The van der Waals surface area contributed by atoms with E-state index in [-0.39, 0.29) is 28.0 Å². The van der Waals surface area contributed by atoms with Crippen molar-refractivity contribution in [2.45, 2.75) is 31.7 Å². The highest BCUT2D eigenvalue weighted by Gasteiger charge is 2.27. The molecule has 8 nitrogen and oxygen atoms in total. The number of rotatable bonds is 6. The fourth-order valence-corrected chi connectivity index (χ4v) is 5.50. The number of amides is 1. The first-order valence-electron chi connectivity index (χ1n) is 15.7. The Morgan fingerprint density at radius 1 is 1.13 bits per heavy atom. The summed E-state index contributed by atoms with van der Waals surface area (Å²) in [6.07, 6.45) is 5.26. The van der Waals surface area contributed by atoms with Gasteiger partial charge in [0.15, 0.2) is 0 Å².